The molecule has 1 aromatic heterocycles. The van der Waals surface area contributed by atoms with Crippen molar-refractivity contribution in [3.8, 4) is 34.6 Å². The van der Waals surface area contributed by atoms with Crippen LogP contribution in [0, 0.1) is 17.8 Å². The molecule has 0 radical (unpaired) electrons. The third kappa shape index (κ3) is 3.65. The van der Waals surface area contributed by atoms with Gasteiger partial charge in [-0.2, -0.15) is 0 Å². The molecule has 1 saturated heterocycles. The first kappa shape index (κ1) is 16.6. The minimum atomic E-state index is 0.224. The monoisotopic (exact) mass is 365 g/mol. The van der Waals surface area contributed by atoms with Gasteiger partial charge in [0.1, 0.15) is 18.9 Å². The number of hydrogen-bond donors (Lipinski definition) is 0. The third-order valence-electron chi connectivity index (χ3n) is 5.16. The molecule has 6 nitrogen and oxygen atoms in total. The number of rotatable bonds is 3. The van der Waals surface area contributed by atoms with E-state index in [0.717, 1.165) is 54.3 Å². The van der Waals surface area contributed by atoms with Crippen molar-refractivity contribution in [1.82, 2.24) is 15.0 Å². The maximum atomic E-state index is 5.94. The van der Waals surface area contributed by atoms with E-state index in [0.29, 0.717) is 19.1 Å². The van der Waals surface area contributed by atoms with Gasteiger partial charge in [0.2, 0.25) is 0 Å². The summed E-state index contributed by atoms with van der Waals surface area (Å²) < 4.78 is 19.5. The number of nitrogens with zero attached hydrogens (tertiary/aromatic N) is 3. The lowest BCUT2D eigenvalue weighted by atomic mass is 10.1. The molecular formula is C21H23N3O3. The average Bonchev–Trinajstić information content (AvgIpc) is 3.44. The predicted molar refractivity (Wildman–Crippen MR) is 99.6 cm³/mol. The molecule has 2 aliphatic heterocycles. The molecule has 2 fully saturated rings. The van der Waals surface area contributed by atoms with Crippen molar-refractivity contribution in [2.45, 2.75) is 44.8 Å². The molecule has 5 rings (SSSR count). The van der Waals surface area contributed by atoms with Gasteiger partial charge in [-0.15, -0.1) is 5.10 Å². The molecule has 0 N–H and O–H groups in total. The van der Waals surface area contributed by atoms with E-state index < -0.39 is 0 Å². The Hall–Kier alpha value is -2.52. The first-order valence-electron chi connectivity index (χ1n) is 9.83. The summed E-state index contributed by atoms with van der Waals surface area (Å²) in [5, 5.41) is 8.65. The van der Waals surface area contributed by atoms with Gasteiger partial charge in [0.15, 0.2) is 11.5 Å². The molecule has 3 heterocycles. The lowest BCUT2D eigenvalue weighted by molar-refractivity contribution is 0.00370. The molecule has 1 saturated carbocycles. The summed E-state index contributed by atoms with van der Waals surface area (Å²) in [6.45, 7) is 2.65. The van der Waals surface area contributed by atoms with Crippen molar-refractivity contribution in [2.24, 2.45) is 5.92 Å². The fourth-order valence-electron chi connectivity index (χ4n) is 3.52. The molecule has 27 heavy (non-hydrogen) atoms. The van der Waals surface area contributed by atoms with Crippen LogP contribution in [0.5, 0.6) is 11.5 Å². The van der Waals surface area contributed by atoms with E-state index in [4.69, 9.17) is 14.2 Å². The first-order valence-corrected chi connectivity index (χ1v) is 9.83. The smallest absolute Gasteiger partial charge is 0.177 e. The summed E-state index contributed by atoms with van der Waals surface area (Å²) in [6, 6.07) is 4.01. The maximum Gasteiger partial charge on any atom is 0.177 e. The largest absolute Gasteiger partial charge is 0.485 e. The van der Waals surface area contributed by atoms with Gasteiger partial charge in [0.05, 0.1) is 24.4 Å². The van der Waals surface area contributed by atoms with Crippen LogP contribution in [0.25, 0.3) is 11.3 Å². The number of ether oxygens (including phenoxy) is 3. The van der Waals surface area contributed by atoms with Crippen LogP contribution >= 0.6 is 0 Å². The van der Waals surface area contributed by atoms with Gasteiger partial charge >= 0.3 is 0 Å². The Balaban J connectivity index is 1.42. The van der Waals surface area contributed by atoms with Crippen LogP contribution in [0.15, 0.2) is 18.3 Å². The minimum absolute atomic E-state index is 0.224. The molecule has 1 aliphatic carbocycles. The van der Waals surface area contributed by atoms with Crippen LogP contribution < -0.4 is 9.47 Å². The van der Waals surface area contributed by atoms with E-state index >= 15 is 0 Å². The second kappa shape index (κ2) is 7.24. The van der Waals surface area contributed by atoms with E-state index in [1.807, 2.05) is 23.0 Å². The van der Waals surface area contributed by atoms with Gasteiger partial charge in [-0.05, 0) is 44.2 Å². The fourth-order valence-corrected chi connectivity index (χ4v) is 3.52. The molecule has 0 bridgehead atoms. The van der Waals surface area contributed by atoms with Crippen molar-refractivity contribution in [3.63, 3.8) is 0 Å². The summed E-state index contributed by atoms with van der Waals surface area (Å²) in [5.74, 6) is 8.57. The summed E-state index contributed by atoms with van der Waals surface area (Å²) >= 11 is 0. The highest BCUT2D eigenvalue weighted by Gasteiger charge is 2.23. The molecule has 0 spiro atoms. The van der Waals surface area contributed by atoms with Crippen LogP contribution in [0.3, 0.4) is 0 Å². The molecule has 1 aromatic carbocycles. The van der Waals surface area contributed by atoms with Crippen molar-refractivity contribution < 1.29 is 14.2 Å². The lowest BCUT2D eigenvalue weighted by Crippen LogP contribution is -2.24. The second-order valence-electron chi connectivity index (χ2n) is 7.37. The molecule has 1 unspecified atom stereocenters. The van der Waals surface area contributed by atoms with Gasteiger partial charge in [0.25, 0.3) is 0 Å². The van der Waals surface area contributed by atoms with Gasteiger partial charge < -0.3 is 14.2 Å². The van der Waals surface area contributed by atoms with Crippen molar-refractivity contribution in [3.05, 3.63) is 23.9 Å². The normalized spacial score (nSPS) is 21.4. The van der Waals surface area contributed by atoms with Gasteiger partial charge in [-0.3, -0.25) is 0 Å². The minimum Gasteiger partial charge on any atom is -0.485 e. The van der Waals surface area contributed by atoms with Crippen LogP contribution in [-0.4, -0.2) is 40.9 Å². The highest BCUT2D eigenvalue weighted by Crippen LogP contribution is 2.41. The number of aromatic nitrogens is 3. The first-order chi connectivity index (χ1) is 13.4. The predicted octanol–water partition coefficient (Wildman–Crippen LogP) is 3.05. The van der Waals surface area contributed by atoms with Crippen molar-refractivity contribution >= 4 is 0 Å². The quantitative estimate of drug-likeness (QED) is 0.783. The SMILES string of the molecule is C(#CC1CC1)c1ccc(-c2cn(CC3CCCCO3)nn2)c2c1OCCO2. The van der Waals surface area contributed by atoms with Gasteiger partial charge in [-0.25, -0.2) is 4.68 Å². The summed E-state index contributed by atoms with van der Waals surface area (Å²) in [5.41, 5.74) is 2.58. The Labute approximate surface area is 158 Å². The molecule has 140 valence electrons. The standard InChI is InChI=1S/C21H23N3O3/c1-2-10-25-17(3-1)13-24-14-19(22-23-24)18-9-8-16(7-6-15-4-5-15)20-21(18)27-12-11-26-20/h8-9,14-15,17H,1-5,10-13H2. The third-order valence-corrected chi connectivity index (χ3v) is 5.16. The highest BCUT2D eigenvalue weighted by molar-refractivity contribution is 5.74. The van der Waals surface area contributed by atoms with E-state index in [-0.39, 0.29) is 6.10 Å². The van der Waals surface area contributed by atoms with E-state index in [9.17, 15) is 0 Å². The Morgan fingerprint density at radius 2 is 1.93 bits per heavy atom. The topological polar surface area (TPSA) is 58.4 Å². The van der Waals surface area contributed by atoms with Crippen molar-refractivity contribution in [1.29, 1.82) is 0 Å². The zero-order valence-electron chi connectivity index (χ0n) is 15.3. The van der Waals surface area contributed by atoms with E-state index in [2.05, 4.69) is 22.2 Å². The molecular weight excluding hydrogens is 342 g/mol. The van der Waals surface area contributed by atoms with Crippen LogP contribution in [0.4, 0.5) is 0 Å². The molecule has 3 aliphatic rings. The zero-order valence-corrected chi connectivity index (χ0v) is 15.3. The molecule has 1 atom stereocenters. The van der Waals surface area contributed by atoms with E-state index in [1.165, 1.54) is 19.3 Å². The highest BCUT2D eigenvalue weighted by atomic mass is 16.6. The molecule has 6 heteroatoms. The number of hydrogen-bond acceptors (Lipinski definition) is 5. The van der Waals surface area contributed by atoms with Gasteiger partial charge in [0, 0.05) is 18.1 Å². The summed E-state index contributed by atoms with van der Waals surface area (Å²) in [6.07, 6.45) is 8.04. The second-order valence-corrected chi connectivity index (χ2v) is 7.37. The number of benzene rings is 1. The molecule has 0 amide bonds. The van der Waals surface area contributed by atoms with Crippen LogP contribution in [0.2, 0.25) is 0 Å². The Bertz CT molecular complexity index is 886. The maximum absolute atomic E-state index is 5.94. The van der Waals surface area contributed by atoms with Crippen LogP contribution in [0.1, 0.15) is 37.7 Å². The zero-order chi connectivity index (χ0) is 18.1. The number of fused-ring (bicyclic) bond motifs is 1. The van der Waals surface area contributed by atoms with E-state index in [1.54, 1.807) is 0 Å². The average molecular weight is 365 g/mol. The lowest BCUT2D eigenvalue weighted by Gasteiger charge is -2.22. The Morgan fingerprint density at radius 3 is 2.74 bits per heavy atom. The molecule has 2 aromatic rings. The fraction of sp³-hybridized carbons (Fsp3) is 0.524. The Kier molecular flexibility index (Phi) is 4.46. The Morgan fingerprint density at radius 1 is 1.04 bits per heavy atom. The van der Waals surface area contributed by atoms with Crippen LogP contribution in [-0.2, 0) is 11.3 Å². The van der Waals surface area contributed by atoms with Gasteiger partial charge in [-0.1, -0.05) is 17.1 Å². The summed E-state index contributed by atoms with van der Waals surface area (Å²) in [7, 11) is 0. The summed E-state index contributed by atoms with van der Waals surface area (Å²) in [4.78, 5) is 0. The van der Waals surface area contributed by atoms with Crippen molar-refractivity contribution in [2.75, 3.05) is 19.8 Å².